The Labute approximate surface area is 233 Å². The molecule has 1 aromatic carbocycles. The van der Waals surface area contributed by atoms with E-state index in [1.807, 2.05) is 4.90 Å². The predicted molar refractivity (Wildman–Crippen MR) is 139 cm³/mol. The largest absolute Gasteiger partial charge is 0.492 e. The minimum Gasteiger partial charge on any atom is -0.492 e. The number of carboxylic acids is 1. The molecule has 5 N–H and O–H groups in total. The van der Waals surface area contributed by atoms with Crippen molar-refractivity contribution in [2.24, 2.45) is 5.92 Å². The minimum absolute atomic E-state index is 0.0930. The number of fused-ring (bicyclic) bond motifs is 2. The second kappa shape index (κ2) is 10.5. The maximum Gasteiger partial charge on any atom is 0.346 e. The molecule has 6 rings (SSSR count). The van der Waals surface area contributed by atoms with Gasteiger partial charge in [0.15, 0.2) is 17.7 Å². The molecular formula is C27H32FN3O10. The van der Waals surface area contributed by atoms with Gasteiger partial charge in [0.05, 0.1) is 18.0 Å². The number of anilines is 1. The van der Waals surface area contributed by atoms with Gasteiger partial charge in [-0.2, -0.15) is 0 Å². The van der Waals surface area contributed by atoms with Crippen molar-refractivity contribution >= 4 is 28.5 Å². The number of carbonyl (C=O) groups excluding carboxylic acids is 1. The molecule has 3 aliphatic heterocycles. The lowest BCUT2D eigenvalue weighted by Gasteiger charge is -2.37. The van der Waals surface area contributed by atoms with Crippen LogP contribution in [0.5, 0.6) is 5.75 Å². The number of nitrogens with one attached hydrogen (secondary N) is 1. The first-order chi connectivity index (χ1) is 19.6. The average molecular weight is 578 g/mol. The number of carboxylic acid groups (broad SMARTS) is 1. The molecule has 7 atom stereocenters. The van der Waals surface area contributed by atoms with E-state index in [9.17, 15) is 34.8 Å². The van der Waals surface area contributed by atoms with Gasteiger partial charge in [-0.1, -0.05) is 0 Å². The summed E-state index contributed by atoms with van der Waals surface area (Å²) < 4.78 is 33.4. The normalized spacial score (nSPS) is 31.6. The summed E-state index contributed by atoms with van der Waals surface area (Å²) in [6, 6.07) is 1.22. The van der Waals surface area contributed by atoms with E-state index in [0.29, 0.717) is 24.5 Å². The Morgan fingerprint density at radius 2 is 1.88 bits per heavy atom. The number of nitrogens with zero attached hydrogens (tertiary/aromatic N) is 2. The molecule has 0 bridgehead atoms. The number of benzene rings is 1. The van der Waals surface area contributed by atoms with E-state index in [-0.39, 0.29) is 28.9 Å². The Kier molecular flexibility index (Phi) is 7.14. The first kappa shape index (κ1) is 27.8. The third-order valence-electron chi connectivity index (χ3n) is 8.51. The second-order valence-electron chi connectivity index (χ2n) is 11.2. The van der Waals surface area contributed by atoms with Gasteiger partial charge < -0.3 is 49.4 Å². The molecule has 0 unspecified atom stereocenters. The third-order valence-corrected chi connectivity index (χ3v) is 8.51. The number of aliphatic hydroxyl groups excluding tert-OH is 3. The van der Waals surface area contributed by atoms with E-state index < -0.39 is 59.5 Å². The van der Waals surface area contributed by atoms with Crippen LogP contribution in [-0.2, 0) is 14.3 Å². The summed E-state index contributed by atoms with van der Waals surface area (Å²) in [4.78, 5) is 40.1. The first-order valence-corrected chi connectivity index (χ1v) is 13.7. The standard InChI is InChI=1S/C27H32FN3O10/c1-39-23-17-13(7-15(28)18(23)30-8-11-3-2-6-29-16(11)10-30)19(32)14(9-31(17)12-4-5-12)26(38)41-27-22(35)20(33)21(34)24(40-27)25(36)37/h7,9,11-12,16,20-22,24,27,29,33-35H,2-6,8,10H2,1H3,(H,36,37)/t11-,16+,20-,21-,22+,24-,27-/m0/s1. The van der Waals surface area contributed by atoms with Crippen molar-refractivity contribution in [1.82, 2.24) is 9.88 Å². The van der Waals surface area contributed by atoms with Gasteiger partial charge in [0.1, 0.15) is 29.6 Å². The SMILES string of the molecule is COc1c(N2C[C@@H]3CCCN[C@@H]3C2)c(F)cc2c(=O)c(C(=O)O[C@@H]3O[C@H](C(=O)O)[C@@H](O)[C@H](O)[C@H]3O)cn(C3CC3)c12. The zero-order valence-electron chi connectivity index (χ0n) is 22.2. The number of hydrogen-bond acceptors (Lipinski definition) is 11. The lowest BCUT2D eigenvalue weighted by Crippen LogP contribution is -2.60. The molecule has 4 aliphatic rings. The van der Waals surface area contributed by atoms with Crippen LogP contribution in [0.4, 0.5) is 10.1 Å². The number of ether oxygens (including phenoxy) is 3. The molecule has 0 amide bonds. The second-order valence-corrected chi connectivity index (χ2v) is 11.2. The van der Waals surface area contributed by atoms with Crippen molar-refractivity contribution in [2.75, 3.05) is 31.6 Å². The van der Waals surface area contributed by atoms with Crippen LogP contribution in [0.25, 0.3) is 10.9 Å². The number of pyridine rings is 1. The molecule has 222 valence electrons. The Bertz CT molecular complexity index is 1430. The summed E-state index contributed by atoms with van der Waals surface area (Å²) in [5, 5.41) is 42.8. The number of piperidine rings is 1. The number of esters is 1. The van der Waals surface area contributed by atoms with Crippen LogP contribution < -0.4 is 20.4 Å². The number of halogens is 1. The molecular weight excluding hydrogens is 545 g/mol. The molecule has 1 saturated carbocycles. The van der Waals surface area contributed by atoms with Gasteiger partial charge in [-0.3, -0.25) is 4.79 Å². The number of aliphatic carboxylic acids is 1. The van der Waals surface area contributed by atoms with Crippen molar-refractivity contribution in [3.63, 3.8) is 0 Å². The summed E-state index contributed by atoms with van der Waals surface area (Å²) in [6.07, 6.45) is -5.10. The highest BCUT2D eigenvalue weighted by Gasteiger charge is 2.49. The zero-order chi connectivity index (χ0) is 29.2. The van der Waals surface area contributed by atoms with Gasteiger partial charge >= 0.3 is 11.9 Å². The molecule has 0 radical (unpaired) electrons. The van der Waals surface area contributed by atoms with Gasteiger partial charge in [-0.15, -0.1) is 0 Å². The Morgan fingerprint density at radius 3 is 2.54 bits per heavy atom. The van der Waals surface area contributed by atoms with E-state index in [1.54, 1.807) is 4.57 Å². The van der Waals surface area contributed by atoms with Crippen LogP contribution in [0.2, 0.25) is 0 Å². The monoisotopic (exact) mass is 577 g/mol. The van der Waals surface area contributed by atoms with E-state index in [0.717, 1.165) is 38.3 Å². The molecule has 1 aliphatic carbocycles. The number of aromatic nitrogens is 1. The molecule has 4 fully saturated rings. The molecule has 14 heteroatoms. The number of rotatable bonds is 6. The summed E-state index contributed by atoms with van der Waals surface area (Å²) >= 11 is 0. The van der Waals surface area contributed by atoms with Gasteiger partial charge in [0.2, 0.25) is 11.7 Å². The molecule has 3 saturated heterocycles. The molecule has 41 heavy (non-hydrogen) atoms. The van der Waals surface area contributed by atoms with Crippen molar-refractivity contribution in [3.8, 4) is 5.75 Å². The summed E-state index contributed by atoms with van der Waals surface area (Å²) in [5.41, 5.74) is -0.762. The van der Waals surface area contributed by atoms with Crippen molar-refractivity contribution in [2.45, 2.75) is 68.5 Å². The van der Waals surface area contributed by atoms with Gasteiger partial charge in [-0.05, 0) is 44.2 Å². The maximum absolute atomic E-state index is 15.8. The quantitative estimate of drug-likeness (QED) is 0.284. The van der Waals surface area contributed by atoms with Crippen LogP contribution in [0.15, 0.2) is 17.1 Å². The predicted octanol–water partition coefficient (Wildman–Crippen LogP) is -0.279. The van der Waals surface area contributed by atoms with E-state index in [1.165, 1.54) is 13.3 Å². The van der Waals surface area contributed by atoms with Crippen LogP contribution in [0.3, 0.4) is 0 Å². The van der Waals surface area contributed by atoms with E-state index in [2.05, 4.69) is 5.32 Å². The molecule has 0 spiro atoms. The fourth-order valence-corrected chi connectivity index (χ4v) is 6.26. The number of methoxy groups -OCH3 is 1. The van der Waals surface area contributed by atoms with Gasteiger partial charge in [-0.25, -0.2) is 14.0 Å². The lowest BCUT2D eigenvalue weighted by atomic mass is 9.94. The van der Waals surface area contributed by atoms with Crippen molar-refractivity contribution < 1.29 is 48.6 Å². The zero-order valence-corrected chi connectivity index (χ0v) is 22.2. The van der Waals surface area contributed by atoms with Crippen LogP contribution in [0, 0.1) is 11.7 Å². The fourth-order valence-electron chi connectivity index (χ4n) is 6.26. The Morgan fingerprint density at radius 1 is 1.12 bits per heavy atom. The Balaban J connectivity index is 1.39. The van der Waals surface area contributed by atoms with Crippen molar-refractivity contribution in [3.05, 3.63) is 33.9 Å². The van der Waals surface area contributed by atoms with E-state index in [4.69, 9.17) is 14.2 Å². The lowest BCUT2D eigenvalue weighted by molar-refractivity contribution is -0.278. The summed E-state index contributed by atoms with van der Waals surface area (Å²) in [6.45, 7) is 2.13. The summed E-state index contributed by atoms with van der Waals surface area (Å²) in [7, 11) is 1.41. The van der Waals surface area contributed by atoms with Crippen LogP contribution in [-0.4, -0.2) is 100 Å². The number of carbonyl (C=O) groups is 2. The smallest absolute Gasteiger partial charge is 0.346 e. The molecule has 4 heterocycles. The van der Waals surface area contributed by atoms with Crippen molar-refractivity contribution in [1.29, 1.82) is 0 Å². The Hall–Kier alpha value is -3.30. The minimum atomic E-state index is -2.00. The molecule has 2 aromatic rings. The highest BCUT2D eigenvalue weighted by atomic mass is 19.1. The summed E-state index contributed by atoms with van der Waals surface area (Å²) in [5.74, 6) is -3.05. The fraction of sp³-hybridized carbons (Fsp3) is 0.593. The highest BCUT2D eigenvalue weighted by Crippen LogP contribution is 2.45. The van der Waals surface area contributed by atoms with Gasteiger partial charge in [0.25, 0.3) is 0 Å². The first-order valence-electron chi connectivity index (χ1n) is 13.7. The maximum atomic E-state index is 15.8. The topological polar surface area (TPSA) is 180 Å². The highest BCUT2D eigenvalue weighted by molar-refractivity contribution is 5.98. The average Bonchev–Trinajstić information content (AvgIpc) is 3.70. The van der Waals surface area contributed by atoms with Gasteiger partial charge in [0, 0.05) is 31.4 Å². The van der Waals surface area contributed by atoms with E-state index >= 15 is 4.39 Å². The number of aliphatic hydroxyl groups is 3. The van der Waals surface area contributed by atoms with Crippen LogP contribution >= 0.6 is 0 Å². The van der Waals surface area contributed by atoms with Crippen LogP contribution in [0.1, 0.15) is 42.1 Å². The third kappa shape index (κ3) is 4.73. The number of hydrogen-bond donors (Lipinski definition) is 5. The molecule has 13 nitrogen and oxygen atoms in total. The molecule has 1 aromatic heterocycles.